The van der Waals surface area contributed by atoms with Crippen molar-refractivity contribution < 1.29 is 8.42 Å². The van der Waals surface area contributed by atoms with Crippen LogP contribution in [0.15, 0.2) is 17.6 Å². The number of halogens is 1. The number of hydrogen-bond donors (Lipinski definition) is 2. The van der Waals surface area contributed by atoms with Gasteiger partial charge in [0.15, 0.2) is 5.03 Å². The molecule has 0 amide bonds. The lowest BCUT2D eigenvalue weighted by molar-refractivity contribution is 0.301. The van der Waals surface area contributed by atoms with Crippen LogP contribution in [0.4, 0.5) is 0 Å². The number of nitrogens with zero attached hydrogens (tertiary/aromatic N) is 1. The number of imidazole rings is 1. The van der Waals surface area contributed by atoms with E-state index in [0.29, 0.717) is 5.33 Å². The van der Waals surface area contributed by atoms with E-state index in [2.05, 4.69) is 30.6 Å². The fraction of sp³-hybridized carbons (Fsp3) is 0.700. The monoisotopic (exact) mass is 321 g/mol. The summed E-state index contributed by atoms with van der Waals surface area (Å²) < 4.78 is 27.1. The molecule has 2 rings (SSSR count). The lowest BCUT2D eigenvalue weighted by Crippen LogP contribution is -2.51. The van der Waals surface area contributed by atoms with Gasteiger partial charge in [0.2, 0.25) is 0 Å². The standard InChI is InChI=1S/C10H16BrN3O2S/c11-7-10(4-2-1-3-5-10)14-17(15,16)9-6-12-8-13-9/h6,8,14H,1-5,7H2,(H,12,13). The molecule has 7 heteroatoms. The summed E-state index contributed by atoms with van der Waals surface area (Å²) in [6.45, 7) is 0. The molecule has 1 fully saturated rings. The molecule has 1 heterocycles. The molecule has 0 aromatic carbocycles. The molecule has 0 aliphatic heterocycles. The van der Waals surface area contributed by atoms with Crippen molar-refractivity contribution in [2.45, 2.75) is 42.7 Å². The minimum atomic E-state index is -3.49. The van der Waals surface area contributed by atoms with E-state index in [4.69, 9.17) is 0 Å². The molecule has 0 bridgehead atoms. The molecular formula is C10H16BrN3O2S. The number of sulfonamides is 1. The Morgan fingerprint density at radius 2 is 2.12 bits per heavy atom. The van der Waals surface area contributed by atoms with Crippen molar-refractivity contribution in [2.24, 2.45) is 0 Å². The van der Waals surface area contributed by atoms with Gasteiger partial charge in [-0.2, -0.15) is 0 Å². The highest BCUT2D eigenvalue weighted by Crippen LogP contribution is 2.31. The van der Waals surface area contributed by atoms with Crippen LogP contribution in [-0.4, -0.2) is 29.3 Å². The van der Waals surface area contributed by atoms with E-state index in [-0.39, 0.29) is 10.6 Å². The first-order chi connectivity index (χ1) is 8.08. The molecule has 0 spiro atoms. The minimum Gasteiger partial charge on any atom is -0.335 e. The van der Waals surface area contributed by atoms with Gasteiger partial charge in [0.1, 0.15) is 0 Å². The normalized spacial score (nSPS) is 20.3. The van der Waals surface area contributed by atoms with Crippen LogP contribution in [0.3, 0.4) is 0 Å². The predicted molar refractivity (Wildman–Crippen MR) is 68.5 cm³/mol. The third kappa shape index (κ3) is 2.89. The predicted octanol–water partition coefficient (Wildman–Crippen LogP) is 1.79. The van der Waals surface area contributed by atoms with Gasteiger partial charge in [0.25, 0.3) is 10.0 Å². The molecule has 0 saturated heterocycles. The summed E-state index contributed by atoms with van der Waals surface area (Å²) in [7, 11) is -3.49. The molecule has 2 N–H and O–H groups in total. The second-order valence-corrected chi connectivity index (χ2v) is 6.71. The van der Waals surface area contributed by atoms with E-state index in [1.807, 2.05) is 0 Å². The van der Waals surface area contributed by atoms with Crippen LogP contribution in [-0.2, 0) is 10.0 Å². The minimum absolute atomic E-state index is 0.128. The molecule has 1 aliphatic rings. The van der Waals surface area contributed by atoms with Crippen molar-refractivity contribution in [1.29, 1.82) is 0 Å². The fourth-order valence-corrected chi connectivity index (χ4v) is 4.47. The van der Waals surface area contributed by atoms with Crippen LogP contribution in [0.25, 0.3) is 0 Å². The van der Waals surface area contributed by atoms with E-state index in [1.165, 1.54) is 18.9 Å². The van der Waals surface area contributed by atoms with Gasteiger partial charge >= 0.3 is 0 Å². The Kier molecular flexibility index (Phi) is 3.89. The van der Waals surface area contributed by atoms with Crippen LogP contribution in [0.5, 0.6) is 0 Å². The number of hydrogen-bond acceptors (Lipinski definition) is 3. The molecule has 1 aromatic heterocycles. The summed E-state index contributed by atoms with van der Waals surface area (Å²) in [6, 6.07) is 0. The van der Waals surface area contributed by atoms with Crippen LogP contribution in [0, 0.1) is 0 Å². The quantitative estimate of drug-likeness (QED) is 0.830. The first-order valence-electron chi connectivity index (χ1n) is 5.66. The Bertz CT molecular complexity index is 452. The van der Waals surface area contributed by atoms with E-state index in [0.717, 1.165) is 25.7 Å². The van der Waals surface area contributed by atoms with Crippen LogP contribution >= 0.6 is 15.9 Å². The van der Waals surface area contributed by atoms with Gasteiger partial charge in [-0.1, -0.05) is 35.2 Å². The van der Waals surface area contributed by atoms with E-state index in [9.17, 15) is 8.42 Å². The van der Waals surface area contributed by atoms with Gasteiger partial charge < -0.3 is 4.98 Å². The summed E-state index contributed by atoms with van der Waals surface area (Å²) >= 11 is 3.43. The average Bonchev–Trinajstić information content (AvgIpc) is 2.84. The molecule has 0 atom stereocenters. The van der Waals surface area contributed by atoms with Gasteiger partial charge in [-0.25, -0.2) is 18.1 Å². The largest absolute Gasteiger partial charge is 0.335 e. The summed E-state index contributed by atoms with van der Waals surface area (Å²) in [5.74, 6) is 0. The van der Waals surface area contributed by atoms with Gasteiger partial charge in [-0.3, -0.25) is 0 Å². The average molecular weight is 322 g/mol. The third-order valence-corrected chi connectivity index (χ3v) is 5.76. The van der Waals surface area contributed by atoms with Gasteiger partial charge in [0.05, 0.1) is 12.5 Å². The Morgan fingerprint density at radius 3 is 2.65 bits per heavy atom. The Morgan fingerprint density at radius 1 is 1.41 bits per heavy atom. The topological polar surface area (TPSA) is 74.8 Å². The van der Waals surface area contributed by atoms with Crippen molar-refractivity contribution in [3.8, 4) is 0 Å². The number of aromatic nitrogens is 2. The Hall–Kier alpha value is -0.400. The van der Waals surface area contributed by atoms with Gasteiger partial charge in [-0.05, 0) is 12.8 Å². The van der Waals surface area contributed by atoms with E-state index >= 15 is 0 Å². The second kappa shape index (κ2) is 5.07. The number of alkyl halides is 1. The van der Waals surface area contributed by atoms with Crippen LogP contribution in [0.2, 0.25) is 0 Å². The zero-order chi connectivity index (χ0) is 12.4. The highest BCUT2D eigenvalue weighted by molar-refractivity contribution is 9.09. The smallest absolute Gasteiger partial charge is 0.258 e. The molecule has 17 heavy (non-hydrogen) atoms. The number of aromatic amines is 1. The zero-order valence-corrected chi connectivity index (χ0v) is 11.8. The van der Waals surface area contributed by atoms with Crippen molar-refractivity contribution in [2.75, 3.05) is 5.33 Å². The zero-order valence-electron chi connectivity index (χ0n) is 9.45. The first kappa shape index (κ1) is 13.0. The SMILES string of the molecule is O=S(=O)(NC1(CBr)CCCCC1)c1cnc[nH]1. The lowest BCUT2D eigenvalue weighted by atomic mass is 9.84. The molecule has 1 saturated carbocycles. The second-order valence-electron chi connectivity index (χ2n) is 4.50. The van der Waals surface area contributed by atoms with Crippen molar-refractivity contribution in [3.05, 3.63) is 12.5 Å². The van der Waals surface area contributed by atoms with Gasteiger partial charge in [-0.15, -0.1) is 0 Å². The lowest BCUT2D eigenvalue weighted by Gasteiger charge is -2.35. The molecule has 5 nitrogen and oxygen atoms in total. The number of nitrogens with one attached hydrogen (secondary N) is 2. The highest BCUT2D eigenvalue weighted by Gasteiger charge is 2.35. The molecule has 1 aromatic rings. The maximum absolute atomic E-state index is 12.1. The maximum atomic E-state index is 12.1. The van der Waals surface area contributed by atoms with E-state index < -0.39 is 10.0 Å². The van der Waals surface area contributed by atoms with Crippen molar-refractivity contribution >= 4 is 26.0 Å². The molecule has 0 unspecified atom stereocenters. The van der Waals surface area contributed by atoms with Crippen molar-refractivity contribution in [1.82, 2.24) is 14.7 Å². The van der Waals surface area contributed by atoms with E-state index in [1.54, 1.807) is 0 Å². The number of H-pyrrole nitrogens is 1. The molecule has 96 valence electrons. The summed E-state index contributed by atoms with van der Waals surface area (Å²) in [5.41, 5.74) is -0.345. The maximum Gasteiger partial charge on any atom is 0.258 e. The third-order valence-electron chi connectivity index (χ3n) is 3.18. The molecular weight excluding hydrogens is 306 g/mol. The summed E-state index contributed by atoms with van der Waals surface area (Å²) in [5, 5.41) is 0.774. The fourth-order valence-electron chi connectivity index (χ4n) is 2.22. The Labute approximate surface area is 110 Å². The van der Waals surface area contributed by atoms with Crippen molar-refractivity contribution in [3.63, 3.8) is 0 Å². The molecule has 0 radical (unpaired) electrons. The first-order valence-corrected chi connectivity index (χ1v) is 8.27. The molecule has 1 aliphatic carbocycles. The summed E-state index contributed by atoms with van der Waals surface area (Å²) in [6.07, 6.45) is 7.77. The summed E-state index contributed by atoms with van der Waals surface area (Å²) in [4.78, 5) is 6.38. The van der Waals surface area contributed by atoms with Crippen LogP contribution in [0.1, 0.15) is 32.1 Å². The highest BCUT2D eigenvalue weighted by atomic mass is 79.9. The Balaban J connectivity index is 2.19. The van der Waals surface area contributed by atoms with Crippen LogP contribution < -0.4 is 4.72 Å². The number of rotatable bonds is 4. The van der Waals surface area contributed by atoms with Gasteiger partial charge in [0, 0.05) is 10.9 Å².